The summed E-state index contributed by atoms with van der Waals surface area (Å²) < 4.78 is 15.1. The van der Waals surface area contributed by atoms with Gasteiger partial charge in [0.1, 0.15) is 23.4 Å². The molecule has 2 aromatic heterocycles. The lowest BCUT2D eigenvalue weighted by atomic mass is 10.1. The predicted molar refractivity (Wildman–Crippen MR) is 124 cm³/mol. The largest absolute Gasteiger partial charge is 0.364 e. The summed E-state index contributed by atoms with van der Waals surface area (Å²) in [5.41, 5.74) is 3.78. The lowest BCUT2D eigenvalue weighted by Gasteiger charge is -2.34. The van der Waals surface area contributed by atoms with Gasteiger partial charge in [0.05, 0.1) is 36.4 Å². The number of benzene rings is 1. The molecule has 0 saturated carbocycles. The number of hydrogen-bond donors (Lipinski definition) is 2. The molecule has 31 heavy (non-hydrogen) atoms. The molecule has 1 atom stereocenters. The number of carbonyl (C=O) groups is 1. The van der Waals surface area contributed by atoms with Gasteiger partial charge in [0.15, 0.2) is 0 Å². The van der Waals surface area contributed by atoms with Gasteiger partial charge in [-0.25, -0.2) is 14.1 Å². The van der Waals surface area contributed by atoms with Crippen molar-refractivity contribution in [1.29, 1.82) is 0 Å². The molecule has 11 heteroatoms. The summed E-state index contributed by atoms with van der Waals surface area (Å²) in [7, 11) is 1.88. The van der Waals surface area contributed by atoms with E-state index in [9.17, 15) is 9.18 Å². The highest BCUT2D eigenvalue weighted by Gasteiger charge is 2.28. The fraction of sp³-hybridized carbons (Fsp3) is 0.300. The first-order chi connectivity index (χ1) is 14.3. The molecule has 8 nitrogen and oxygen atoms in total. The van der Waals surface area contributed by atoms with Crippen molar-refractivity contribution in [2.45, 2.75) is 33.0 Å². The van der Waals surface area contributed by atoms with Gasteiger partial charge in [0.2, 0.25) is 5.91 Å². The van der Waals surface area contributed by atoms with E-state index >= 15 is 0 Å². The Morgan fingerprint density at radius 3 is 2.81 bits per heavy atom. The number of halogens is 2. The van der Waals surface area contributed by atoms with Crippen LogP contribution in [0.3, 0.4) is 0 Å². The first-order valence-corrected chi connectivity index (χ1v) is 9.81. The molecule has 0 saturated heterocycles. The van der Waals surface area contributed by atoms with Crippen LogP contribution >= 0.6 is 25.1 Å². The Labute approximate surface area is 191 Å². The second-order valence-electron chi connectivity index (χ2n) is 7.30. The zero-order valence-corrected chi connectivity index (χ0v) is 19.0. The topological polar surface area (TPSA) is 88.0 Å². The van der Waals surface area contributed by atoms with E-state index in [4.69, 9.17) is 11.6 Å². The van der Waals surface area contributed by atoms with Crippen LogP contribution in [0.25, 0.3) is 0 Å². The second-order valence-corrected chi connectivity index (χ2v) is 7.74. The fourth-order valence-electron chi connectivity index (χ4n) is 3.36. The van der Waals surface area contributed by atoms with Crippen molar-refractivity contribution in [3.05, 3.63) is 58.3 Å². The van der Waals surface area contributed by atoms with Crippen molar-refractivity contribution in [3.8, 4) is 0 Å². The molecule has 0 fully saturated rings. The van der Waals surface area contributed by atoms with Gasteiger partial charge < -0.3 is 15.5 Å². The number of anilines is 3. The summed E-state index contributed by atoms with van der Waals surface area (Å²) in [4.78, 5) is 18.5. The number of nitrogens with zero attached hydrogens (tertiary/aromatic N) is 5. The van der Waals surface area contributed by atoms with E-state index in [-0.39, 0.29) is 31.3 Å². The van der Waals surface area contributed by atoms with Crippen LogP contribution in [0.2, 0.25) is 5.02 Å². The molecule has 1 aliphatic heterocycles. The minimum atomic E-state index is -0.385. The second kappa shape index (κ2) is 9.11. The quantitative estimate of drug-likeness (QED) is 0.603. The van der Waals surface area contributed by atoms with Crippen LogP contribution in [-0.4, -0.2) is 39.0 Å². The highest BCUT2D eigenvalue weighted by atomic mass is 35.5. The number of nitrogens with one attached hydrogen (secondary N) is 2. The Balaban J connectivity index is 0.00000272. The highest BCUT2D eigenvalue weighted by molar-refractivity contribution is 7.59. The first kappa shape index (κ1) is 22.8. The molecule has 1 aromatic carbocycles. The van der Waals surface area contributed by atoms with Gasteiger partial charge in [0.25, 0.3) is 0 Å². The van der Waals surface area contributed by atoms with Gasteiger partial charge in [-0.15, -0.1) is 5.10 Å². The molecule has 4 rings (SSSR count). The maximum atomic E-state index is 13.5. The SMILES string of the molecule is Cc1nc(NCc2cn(Cc3cc(F)cc(Cl)c3)nn2)cc2c1NC(=O)[C@H](C)N2C.S. The van der Waals surface area contributed by atoms with Crippen molar-refractivity contribution in [2.75, 3.05) is 22.6 Å². The number of aryl methyl sites for hydroxylation is 1. The molecule has 2 N–H and O–H groups in total. The number of rotatable bonds is 5. The van der Waals surface area contributed by atoms with Crippen LogP contribution in [0.1, 0.15) is 23.9 Å². The normalized spacial score (nSPS) is 15.2. The standard InChI is InChI=1S/C20H21ClFN7O.H2S/c1-11-19-17(28(3)12(2)20(30)25-19)7-18(24-11)23-8-16-10-29(27-26-16)9-13-4-14(21)6-15(22)5-13;/h4-7,10,12H,8-9H2,1-3H3,(H,23,24)(H,25,30);1H2/t12-;/m0./s1. The van der Waals surface area contributed by atoms with E-state index in [1.54, 1.807) is 16.9 Å². The van der Waals surface area contributed by atoms with Crippen LogP contribution < -0.4 is 15.5 Å². The van der Waals surface area contributed by atoms with E-state index < -0.39 is 0 Å². The maximum Gasteiger partial charge on any atom is 0.246 e. The van der Waals surface area contributed by atoms with Crippen LogP contribution in [0.5, 0.6) is 0 Å². The molecule has 3 heterocycles. The van der Waals surface area contributed by atoms with Gasteiger partial charge >= 0.3 is 0 Å². The van der Waals surface area contributed by atoms with Gasteiger partial charge in [-0.2, -0.15) is 13.5 Å². The summed E-state index contributed by atoms with van der Waals surface area (Å²) in [6.07, 6.45) is 1.78. The molecule has 164 valence electrons. The van der Waals surface area contributed by atoms with Gasteiger partial charge in [-0.3, -0.25) is 4.79 Å². The third kappa shape index (κ3) is 4.91. The molecule has 0 aliphatic carbocycles. The Morgan fingerprint density at radius 1 is 1.29 bits per heavy atom. The van der Waals surface area contributed by atoms with Crippen molar-refractivity contribution >= 4 is 48.2 Å². The number of amides is 1. The average Bonchev–Trinajstić information content (AvgIpc) is 3.12. The number of carbonyl (C=O) groups excluding carboxylic acids is 1. The van der Waals surface area contributed by atoms with E-state index in [0.29, 0.717) is 35.2 Å². The van der Waals surface area contributed by atoms with Gasteiger partial charge in [-0.05, 0) is 37.6 Å². The fourth-order valence-corrected chi connectivity index (χ4v) is 3.60. The minimum Gasteiger partial charge on any atom is -0.364 e. The summed E-state index contributed by atoms with van der Waals surface area (Å²) in [5.74, 6) is 0.239. The molecule has 3 aromatic rings. The zero-order valence-electron chi connectivity index (χ0n) is 17.3. The number of likely N-dealkylation sites (N-methyl/N-ethyl adjacent to an activating group) is 1. The van der Waals surface area contributed by atoms with Gasteiger partial charge in [0, 0.05) is 18.1 Å². The number of fused-ring (bicyclic) bond motifs is 1. The van der Waals surface area contributed by atoms with E-state index in [0.717, 1.165) is 17.1 Å². The monoisotopic (exact) mass is 463 g/mol. The number of pyridine rings is 1. The van der Waals surface area contributed by atoms with Crippen molar-refractivity contribution in [2.24, 2.45) is 0 Å². The van der Waals surface area contributed by atoms with Gasteiger partial charge in [-0.1, -0.05) is 16.8 Å². The molecule has 1 amide bonds. The lowest BCUT2D eigenvalue weighted by molar-refractivity contribution is -0.117. The third-order valence-electron chi connectivity index (χ3n) is 5.07. The predicted octanol–water partition coefficient (Wildman–Crippen LogP) is 3.32. The van der Waals surface area contributed by atoms with Crippen LogP contribution in [-0.2, 0) is 17.9 Å². The smallest absolute Gasteiger partial charge is 0.246 e. The van der Waals surface area contributed by atoms with Crippen LogP contribution in [0.4, 0.5) is 21.6 Å². The molecular formula is C20H23ClFN7OS. The highest BCUT2D eigenvalue weighted by Crippen LogP contribution is 2.34. The van der Waals surface area contributed by atoms with Crippen molar-refractivity contribution in [1.82, 2.24) is 20.0 Å². The summed E-state index contributed by atoms with van der Waals surface area (Å²) in [5, 5.41) is 14.7. The molecule has 0 unspecified atom stereocenters. The zero-order chi connectivity index (χ0) is 21.4. The van der Waals surface area contributed by atoms with Crippen LogP contribution in [0.15, 0.2) is 30.5 Å². The summed E-state index contributed by atoms with van der Waals surface area (Å²) >= 11 is 5.90. The molecular weight excluding hydrogens is 441 g/mol. The lowest BCUT2D eigenvalue weighted by Crippen LogP contribution is -2.44. The molecule has 0 radical (unpaired) electrons. The molecule has 1 aliphatic rings. The Hall–Kier alpha value is -2.85. The number of aromatic nitrogens is 4. The van der Waals surface area contributed by atoms with E-state index in [1.807, 2.05) is 31.9 Å². The average molecular weight is 464 g/mol. The molecule has 0 bridgehead atoms. The van der Waals surface area contributed by atoms with Crippen LogP contribution in [0, 0.1) is 12.7 Å². The maximum absolute atomic E-state index is 13.5. The Kier molecular flexibility index (Phi) is 6.71. The Bertz CT molecular complexity index is 1100. The first-order valence-electron chi connectivity index (χ1n) is 9.43. The van der Waals surface area contributed by atoms with Crippen molar-refractivity contribution in [3.63, 3.8) is 0 Å². The van der Waals surface area contributed by atoms with E-state index in [1.165, 1.54) is 12.1 Å². The Morgan fingerprint density at radius 2 is 2.06 bits per heavy atom. The van der Waals surface area contributed by atoms with E-state index in [2.05, 4.69) is 25.9 Å². The summed E-state index contributed by atoms with van der Waals surface area (Å²) in [6, 6.07) is 6.02. The molecule has 0 spiro atoms. The number of hydrogen-bond acceptors (Lipinski definition) is 6. The minimum absolute atomic E-state index is 0. The van der Waals surface area contributed by atoms with Crippen molar-refractivity contribution < 1.29 is 9.18 Å². The summed E-state index contributed by atoms with van der Waals surface area (Å²) in [6.45, 7) is 4.49. The third-order valence-corrected chi connectivity index (χ3v) is 5.29.